The minimum atomic E-state index is 1.22. The van der Waals surface area contributed by atoms with Gasteiger partial charge < -0.3 is 0 Å². The normalized spacial score (nSPS) is 11.6. The summed E-state index contributed by atoms with van der Waals surface area (Å²) in [5.74, 6) is 0. The van der Waals surface area contributed by atoms with Crippen LogP contribution < -0.4 is 0 Å². The van der Waals surface area contributed by atoms with E-state index < -0.39 is 0 Å². The Bertz CT molecular complexity index is 2850. The molecular weight excluding hydrogens is 601 g/mol. The van der Waals surface area contributed by atoms with Crippen LogP contribution in [0, 0.1) is 0 Å². The summed E-state index contributed by atoms with van der Waals surface area (Å²) in [6, 6.07) is 71.3. The molecule has 0 atom stereocenters. The fourth-order valence-corrected chi connectivity index (χ4v) is 8.19. The third kappa shape index (κ3) is 4.54. The molecule has 0 nitrogen and oxygen atoms in total. The summed E-state index contributed by atoms with van der Waals surface area (Å²) in [6.45, 7) is 0. The van der Waals surface area contributed by atoms with E-state index in [2.05, 4.69) is 194 Å². The van der Waals surface area contributed by atoms with Gasteiger partial charge in [0.2, 0.25) is 0 Å². The van der Waals surface area contributed by atoms with E-state index in [0.717, 1.165) is 0 Å². The number of fused-ring (bicyclic) bond motifs is 6. The smallest absolute Gasteiger partial charge is 0.00262 e. The molecule has 0 bridgehead atoms. The van der Waals surface area contributed by atoms with Crippen molar-refractivity contribution in [3.8, 4) is 44.5 Å². The molecule has 0 aromatic heterocycles. The van der Waals surface area contributed by atoms with E-state index in [9.17, 15) is 0 Å². The third-order valence-electron chi connectivity index (χ3n) is 10.4. The van der Waals surface area contributed by atoms with Crippen molar-refractivity contribution in [1.29, 1.82) is 0 Å². The highest BCUT2D eigenvalue weighted by molar-refractivity contribution is 6.22. The second-order valence-electron chi connectivity index (χ2n) is 13.2. The summed E-state index contributed by atoms with van der Waals surface area (Å²) in [6.07, 6.45) is 0. The second-order valence-corrected chi connectivity index (χ2v) is 13.2. The van der Waals surface area contributed by atoms with Gasteiger partial charge in [0.1, 0.15) is 0 Å². The fourth-order valence-electron chi connectivity index (χ4n) is 8.19. The van der Waals surface area contributed by atoms with E-state index in [1.165, 1.54) is 98.4 Å². The van der Waals surface area contributed by atoms with Crippen LogP contribution in [0.5, 0.6) is 0 Å². The standard InChI is InChI=1S/C50H32/c1-3-18-40-33(12-1)14-10-24-41(40)38-16-9-17-39(32-38)50-46-22-7-5-20-44(46)49(45-21-6-8-23-47(45)50)37-30-27-35(28-31-37)43-25-11-15-36-29-26-34-13-2-4-19-42(34)48(36)43/h1-32H. The SMILES string of the molecule is c1cc(-c2cccc3ccccc23)cc(-c2c3ccccc3c(-c3ccc(-c4cccc5ccc6ccccc6c45)cc3)c3ccccc23)c1. The monoisotopic (exact) mass is 632 g/mol. The van der Waals surface area contributed by atoms with Crippen molar-refractivity contribution in [3.63, 3.8) is 0 Å². The van der Waals surface area contributed by atoms with Crippen molar-refractivity contribution < 1.29 is 0 Å². The first-order chi connectivity index (χ1) is 24.8. The van der Waals surface area contributed by atoms with Crippen LogP contribution in [0.3, 0.4) is 0 Å². The summed E-state index contributed by atoms with van der Waals surface area (Å²) < 4.78 is 0. The van der Waals surface area contributed by atoms with Gasteiger partial charge >= 0.3 is 0 Å². The maximum Gasteiger partial charge on any atom is -0.00262 e. The molecule has 0 N–H and O–H groups in total. The van der Waals surface area contributed by atoms with Crippen LogP contribution in [0.15, 0.2) is 194 Å². The molecule has 0 heterocycles. The van der Waals surface area contributed by atoms with Crippen molar-refractivity contribution in [2.45, 2.75) is 0 Å². The maximum absolute atomic E-state index is 2.37. The van der Waals surface area contributed by atoms with Gasteiger partial charge in [-0.2, -0.15) is 0 Å². The highest BCUT2D eigenvalue weighted by Crippen LogP contribution is 2.45. The first-order valence-corrected chi connectivity index (χ1v) is 17.4. The van der Waals surface area contributed by atoms with E-state index in [1.807, 2.05) is 0 Å². The molecule has 0 spiro atoms. The molecule has 0 heteroatoms. The number of benzene rings is 10. The van der Waals surface area contributed by atoms with Crippen molar-refractivity contribution >= 4 is 53.9 Å². The van der Waals surface area contributed by atoms with Crippen molar-refractivity contribution in [3.05, 3.63) is 194 Å². The molecule has 0 aliphatic heterocycles. The first-order valence-electron chi connectivity index (χ1n) is 17.4. The molecule has 10 aromatic rings. The zero-order valence-corrected chi connectivity index (χ0v) is 27.5. The zero-order chi connectivity index (χ0) is 33.0. The van der Waals surface area contributed by atoms with Crippen LogP contribution in [-0.4, -0.2) is 0 Å². The van der Waals surface area contributed by atoms with Gasteiger partial charge in [-0.3, -0.25) is 0 Å². The van der Waals surface area contributed by atoms with Crippen LogP contribution in [0.25, 0.3) is 98.4 Å². The number of hydrogen-bond donors (Lipinski definition) is 0. The Morgan fingerprint density at radius 2 is 0.660 bits per heavy atom. The van der Waals surface area contributed by atoms with Crippen LogP contribution >= 0.6 is 0 Å². The van der Waals surface area contributed by atoms with Crippen LogP contribution in [0.1, 0.15) is 0 Å². The van der Waals surface area contributed by atoms with Crippen LogP contribution in [0.4, 0.5) is 0 Å². The lowest BCUT2D eigenvalue weighted by Crippen LogP contribution is -1.91. The number of rotatable bonds is 4. The Morgan fingerprint density at radius 3 is 1.34 bits per heavy atom. The Labute approximate surface area is 291 Å². The van der Waals surface area contributed by atoms with E-state index in [0.29, 0.717) is 0 Å². The van der Waals surface area contributed by atoms with Crippen molar-refractivity contribution in [1.82, 2.24) is 0 Å². The van der Waals surface area contributed by atoms with Gasteiger partial charge in [0.05, 0.1) is 0 Å². The summed E-state index contributed by atoms with van der Waals surface area (Å²) in [7, 11) is 0. The van der Waals surface area contributed by atoms with Crippen molar-refractivity contribution in [2.75, 3.05) is 0 Å². The summed E-state index contributed by atoms with van der Waals surface area (Å²) in [5, 5.41) is 12.7. The minimum absolute atomic E-state index is 1.22. The quantitative estimate of drug-likeness (QED) is 0.134. The summed E-state index contributed by atoms with van der Waals surface area (Å²) in [4.78, 5) is 0. The molecule has 232 valence electrons. The first kappa shape index (κ1) is 28.5. The predicted octanol–water partition coefficient (Wildman–Crippen LogP) is 14.1. The van der Waals surface area contributed by atoms with E-state index >= 15 is 0 Å². The molecule has 0 saturated heterocycles. The lowest BCUT2D eigenvalue weighted by Gasteiger charge is -2.18. The van der Waals surface area contributed by atoms with E-state index in [-0.39, 0.29) is 0 Å². The molecular formula is C50H32. The van der Waals surface area contributed by atoms with Gasteiger partial charge in [-0.15, -0.1) is 0 Å². The third-order valence-corrected chi connectivity index (χ3v) is 10.4. The maximum atomic E-state index is 2.37. The Morgan fingerprint density at radius 1 is 0.220 bits per heavy atom. The second kappa shape index (κ2) is 11.6. The molecule has 0 unspecified atom stereocenters. The van der Waals surface area contributed by atoms with Gasteiger partial charge in [0.25, 0.3) is 0 Å². The molecule has 10 aromatic carbocycles. The minimum Gasteiger partial charge on any atom is -0.0616 e. The molecule has 50 heavy (non-hydrogen) atoms. The van der Waals surface area contributed by atoms with Crippen LogP contribution in [0.2, 0.25) is 0 Å². The zero-order valence-electron chi connectivity index (χ0n) is 27.5. The van der Waals surface area contributed by atoms with Crippen molar-refractivity contribution in [2.24, 2.45) is 0 Å². The Kier molecular flexibility index (Phi) is 6.60. The average molecular weight is 633 g/mol. The van der Waals surface area contributed by atoms with Gasteiger partial charge in [-0.1, -0.05) is 188 Å². The molecule has 0 fully saturated rings. The lowest BCUT2D eigenvalue weighted by atomic mass is 9.85. The highest BCUT2D eigenvalue weighted by Gasteiger charge is 2.17. The molecule has 0 radical (unpaired) electrons. The summed E-state index contributed by atoms with van der Waals surface area (Å²) in [5.41, 5.74) is 9.99. The van der Waals surface area contributed by atoms with Gasteiger partial charge in [-0.05, 0) is 104 Å². The topological polar surface area (TPSA) is 0 Å². The highest BCUT2D eigenvalue weighted by atomic mass is 14.2. The number of hydrogen-bond acceptors (Lipinski definition) is 0. The molecule has 0 amide bonds. The van der Waals surface area contributed by atoms with E-state index in [4.69, 9.17) is 0 Å². The molecule has 0 saturated carbocycles. The van der Waals surface area contributed by atoms with Gasteiger partial charge in [0.15, 0.2) is 0 Å². The Balaban J connectivity index is 1.16. The summed E-state index contributed by atoms with van der Waals surface area (Å²) >= 11 is 0. The largest absolute Gasteiger partial charge is 0.0616 e. The van der Waals surface area contributed by atoms with Gasteiger partial charge in [-0.25, -0.2) is 0 Å². The predicted molar refractivity (Wildman–Crippen MR) is 216 cm³/mol. The molecule has 10 rings (SSSR count). The lowest BCUT2D eigenvalue weighted by molar-refractivity contribution is 1.62. The molecule has 0 aliphatic rings. The average Bonchev–Trinajstić information content (AvgIpc) is 3.19. The molecule has 0 aliphatic carbocycles. The van der Waals surface area contributed by atoms with Crippen LogP contribution in [-0.2, 0) is 0 Å². The van der Waals surface area contributed by atoms with Gasteiger partial charge in [0, 0.05) is 0 Å². The van der Waals surface area contributed by atoms with E-state index in [1.54, 1.807) is 0 Å². The fraction of sp³-hybridized carbons (Fsp3) is 0. The Hall–Kier alpha value is -6.50.